The normalized spacial score (nSPS) is 13.2. The first-order valence-electron chi connectivity index (χ1n) is 9.10. The zero-order valence-corrected chi connectivity index (χ0v) is 14.9. The smallest absolute Gasteiger partial charge is 0.321 e. The predicted molar refractivity (Wildman–Crippen MR) is 103 cm³/mol. The summed E-state index contributed by atoms with van der Waals surface area (Å²) < 4.78 is 0. The van der Waals surface area contributed by atoms with Crippen LogP contribution in [0.2, 0.25) is 0 Å². The number of nitrogens with one attached hydrogen (secondary N) is 1. The summed E-state index contributed by atoms with van der Waals surface area (Å²) in [6.45, 7) is 0.855. The van der Waals surface area contributed by atoms with Gasteiger partial charge in [-0.2, -0.15) is 0 Å². The Kier molecular flexibility index (Phi) is 5.89. The number of nitrogens with two attached hydrogens (primary N) is 1. The van der Waals surface area contributed by atoms with Crippen LogP contribution in [0.15, 0.2) is 54.6 Å². The molecule has 3 rings (SSSR count). The summed E-state index contributed by atoms with van der Waals surface area (Å²) in [5.41, 5.74) is 8.49. The largest absolute Gasteiger partial charge is 0.370 e. The van der Waals surface area contributed by atoms with Gasteiger partial charge in [-0.25, -0.2) is 4.79 Å². The van der Waals surface area contributed by atoms with E-state index < -0.39 is 5.91 Å². The van der Waals surface area contributed by atoms with E-state index in [9.17, 15) is 9.59 Å². The van der Waals surface area contributed by atoms with E-state index in [0.717, 1.165) is 17.7 Å². The molecular formula is C21H25N3O2. The van der Waals surface area contributed by atoms with E-state index >= 15 is 0 Å². The van der Waals surface area contributed by atoms with Gasteiger partial charge in [0.05, 0.1) is 0 Å². The van der Waals surface area contributed by atoms with Crippen LogP contribution in [0.4, 0.5) is 10.5 Å². The molecule has 0 atom stereocenters. The van der Waals surface area contributed by atoms with Gasteiger partial charge in [0, 0.05) is 25.2 Å². The highest BCUT2D eigenvalue weighted by molar-refractivity contribution is 5.90. The van der Waals surface area contributed by atoms with Crippen LogP contribution in [0.3, 0.4) is 0 Å². The molecule has 5 heteroatoms. The maximum atomic E-state index is 12.8. The second-order valence-corrected chi connectivity index (χ2v) is 6.73. The Bertz CT molecular complexity index is 757. The Morgan fingerprint density at radius 2 is 1.69 bits per heavy atom. The molecule has 2 aromatic rings. The molecule has 26 heavy (non-hydrogen) atoms. The number of primary amides is 1. The number of hydrogen-bond acceptors (Lipinski definition) is 2. The van der Waals surface area contributed by atoms with Crippen LogP contribution >= 0.6 is 0 Å². The summed E-state index contributed by atoms with van der Waals surface area (Å²) in [7, 11) is 0. The molecule has 0 unspecified atom stereocenters. The minimum absolute atomic E-state index is 0.159. The van der Waals surface area contributed by atoms with Crippen molar-refractivity contribution in [3.63, 3.8) is 0 Å². The molecule has 0 heterocycles. The number of rotatable bonds is 8. The second-order valence-electron chi connectivity index (χ2n) is 6.73. The van der Waals surface area contributed by atoms with Crippen molar-refractivity contribution < 1.29 is 9.59 Å². The standard InChI is InChI=1S/C21H25N3O2/c22-20(25)13-15-24(14-12-16-6-2-1-3-7-16)21(26)23-19-9-5-4-8-18(19)17-10-11-17/h1-9,17H,10-15H2,(H2,22,25)(H,23,26). The Labute approximate surface area is 154 Å². The quantitative estimate of drug-likeness (QED) is 0.763. The average molecular weight is 351 g/mol. The van der Waals surface area contributed by atoms with Crippen LogP contribution in [0, 0.1) is 0 Å². The van der Waals surface area contributed by atoms with Crippen LogP contribution in [0.1, 0.15) is 36.3 Å². The fourth-order valence-electron chi connectivity index (χ4n) is 3.02. The number of nitrogens with zero attached hydrogens (tertiary/aromatic N) is 1. The van der Waals surface area contributed by atoms with Crippen molar-refractivity contribution in [2.75, 3.05) is 18.4 Å². The van der Waals surface area contributed by atoms with E-state index in [1.165, 1.54) is 18.4 Å². The first-order valence-corrected chi connectivity index (χ1v) is 9.10. The monoisotopic (exact) mass is 351 g/mol. The minimum atomic E-state index is -0.402. The fourth-order valence-corrected chi connectivity index (χ4v) is 3.02. The molecule has 5 nitrogen and oxygen atoms in total. The molecular weight excluding hydrogens is 326 g/mol. The van der Waals surface area contributed by atoms with Gasteiger partial charge in [-0.05, 0) is 42.4 Å². The molecule has 1 aliphatic rings. The molecule has 136 valence electrons. The molecule has 0 bridgehead atoms. The molecule has 0 saturated heterocycles. The Morgan fingerprint density at radius 1 is 1.00 bits per heavy atom. The van der Waals surface area contributed by atoms with E-state index in [-0.39, 0.29) is 12.5 Å². The van der Waals surface area contributed by atoms with Gasteiger partial charge in [0.25, 0.3) is 0 Å². The van der Waals surface area contributed by atoms with Crippen molar-refractivity contribution in [1.82, 2.24) is 4.90 Å². The first-order chi connectivity index (χ1) is 12.6. The van der Waals surface area contributed by atoms with Gasteiger partial charge in [-0.15, -0.1) is 0 Å². The fraction of sp³-hybridized carbons (Fsp3) is 0.333. The Hall–Kier alpha value is -2.82. The number of hydrogen-bond donors (Lipinski definition) is 2. The van der Waals surface area contributed by atoms with E-state index in [1.54, 1.807) is 4.90 Å². The predicted octanol–water partition coefficient (Wildman–Crippen LogP) is 3.52. The van der Waals surface area contributed by atoms with E-state index in [1.807, 2.05) is 48.5 Å². The summed E-state index contributed by atoms with van der Waals surface area (Å²) in [5.74, 6) is 0.149. The van der Waals surface area contributed by atoms with Crippen LogP contribution in [-0.4, -0.2) is 29.9 Å². The lowest BCUT2D eigenvalue weighted by molar-refractivity contribution is -0.118. The maximum absolute atomic E-state index is 12.8. The first kappa shape index (κ1) is 18.0. The zero-order chi connectivity index (χ0) is 18.4. The van der Waals surface area contributed by atoms with Crippen LogP contribution in [0.5, 0.6) is 0 Å². The van der Waals surface area contributed by atoms with Crippen molar-refractivity contribution in [2.24, 2.45) is 5.73 Å². The number of benzene rings is 2. The van der Waals surface area contributed by atoms with Gasteiger partial charge < -0.3 is 16.0 Å². The molecule has 0 aliphatic heterocycles. The van der Waals surface area contributed by atoms with Gasteiger partial charge in [-0.1, -0.05) is 48.5 Å². The van der Waals surface area contributed by atoms with Crippen molar-refractivity contribution in [1.29, 1.82) is 0 Å². The lowest BCUT2D eigenvalue weighted by atomic mass is 10.1. The number of carbonyl (C=O) groups is 2. The lowest BCUT2D eigenvalue weighted by Gasteiger charge is -2.23. The third kappa shape index (κ3) is 5.09. The van der Waals surface area contributed by atoms with Gasteiger partial charge in [0.2, 0.25) is 5.91 Å². The van der Waals surface area contributed by atoms with Crippen molar-refractivity contribution >= 4 is 17.6 Å². The zero-order valence-electron chi connectivity index (χ0n) is 14.9. The van der Waals surface area contributed by atoms with Crippen molar-refractivity contribution in [2.45, 2.75) is 31.6 Å². The Morgan fingerprint density at radius 3 is 2.38 bits per heavy atom. The third-order valence-electron chi connectivity index (χ3n) is 4.65. The molecule has 3 amide bonds. The van der Waals surface area contributed by atoms with Gasteiger partial charge >= 0.3 is 6.03 Å². The highest BCUT2D eigenvalue weighted by Gasteiger charge is 2.26. The van der Waals surface area contributed by atoms with Crippen molar-refractivity contribution in [3.8, 4) is 0 Å². The highest BCUT2D eigenvalue weighted by Crippen LogP contribution is 2.43. The number of carbonyl (C=O) groups excluding carboxylic acids is 2. The van der Waals surface area contributed by atoms with E-state index in [0.29, 0.717) is 19.0 Å². The molecule has 1 aliphatic carbocycles. The summed E-state index contributed by atoms with van der Waals surface area (Å²) >= 11 is 0. The van der Waals surface area contributed by atoms with Crippen LogP contribution < -0.4 is 11.1 Å². The summed E-state index contributed by atoms with van der Waals surface area (Å²) in [4.78, 5) is 25.6. The maximum Gasteiger partial charge on any atom is 0.321 e. The molecule has 3 N–H and O–H groups in total. The van der Waals surface area contributed by atoms with Gasteiger partial charge in [0.1, 0.15) is 0 Å². The molecule has 1 fully saturated rings. The average Bonchev–Trinajstić information content (AvgIpc) is 3.48. The van der Waals surface area contributed by atoms with E-state index in [4.69, 9.17) is 5.73 Å². The van der Waals surface area contributed by atoms with Gasteiger partial charge in [-0.3, -0.25) is 4.79 Å². The van der Waals surface area contributed by atoms with Gasteiger partial charge in [0.15, 0.2) is 0 Å². The summed E-state index contributed by atoms with van der Waals surface area (Å²) in [6, 6.07) is 17.8. The molecule has 1 saturated carbocycles. The number of amides is 3. The SMILES string of the molecule is NC(=O)CCN(CCc1ccccc1)C(=O)Nc1ccccc1C1CC1. The summed E-state index contributed by atoms with van der Waals surface area (Å²) in [5, 5.41) is 3.03. The number of anilines is 1. The number of para-hydroxylation sites is 1. The van der Waals surface area contributed by atoms with Crippen LogP contribution in [0.25, 0.3) is 0 Å². The topological polar surface area (TPSA) is 75.4 Å². The molecule has 0 aromatic heterocycles. The number of urea groups is 1. The second kappa shape index (κ2) is 8.52. The minimum Gasteiger partial charge on any atom is -0.370 e. The molecule has 0 spiro atoms. The van der Waals surface area contributed by atoms with E-state index in [2.05, 4.69) is 11.4 Å². The molecule has 0 radical (unpaired) electrons. The highest BCUT2D eigenvalue weighted by atomic mass is 16.2. The lowest BCUT2D eigenvalue weighted by Crippen LogP contribution is -2.38. The summed E-state index contributed by atoms with van der Waals surface area (Å²) in [6.07, 6.45) is 3.24. The third-order valence-corrected chi connectivity index (χ3v) is 4.65. The van der Waals surface area contributed by atoms with Crippen molar-refractivity contribution in [3.05, 3.63) is 65.7 Å². The molecule has 2 aromatic carbocycles. The Balaban J connectivity index is 1.66. The van der Waals surface area contributed by atoms with Crippen LogP contribution in [-0.2, 0) is 11.2 Å².